The van der Waals surface area contributed by atoms with Crippen molar-refractivity contribution in [3.8, 4) is 11.4 Å². The second-order valence-corrected chi connectivity index (χ2v) is 7.40. The summed E-state index contributed by atoms with van der Waals surface area (Å²) in [6.45, 7) is 4.89. The zero-order valence-corrected chi connectivity index (χ0v) is 16.6. The quantitative estimate of drug-likeness (QED) is 0.487. The van der Waals surface area contributed by atoms with Crippen molar-refractivity contribution in [1.82, 2.24) is 33.7 Å². The molecule has 1 N–H and O–H groups in total. The summed E-state index contributed by atoms with van der Waals surface area (Å²) >= 11 is 0. The highest BCUT2D eigenvalue weighted by Crippen LogP contribution is 2.20. The van der Waals surface area contributed by atoms with Crippen LogP contribution in [0.2, 0.25) is 0 Å². The van der Waals surface area contributed by atoms with E-state index < -0.39 is 0 Å². The highest BCUT2D eigenvalue weighted by atomic mass is 19.1. The molecular weight excluding hydrogens is 385 g/mol. The van der Waals surface area contributed by atoms with Gasteiger partial charge in [-0.3, -0.25) is 18.4 Å². The van der Waals surface area contributed by atoms with Gasteiger partial charge in [-0.15, -0.1) is 0 Å². The zero-order valence-electron chi connectivity index (χ0n) is 16.6. The number of fused-ring (bicyclic) bond motifs is 3. The summed E-state index contributed by atoms with van der Waals surface area (Å²) in [5.41, 5.74) is 3.25. The Hall–Kier alpha value is -3.75. The topological polar surface area (TPSA) is 85.8 Å². The summed E-state index contributed by atoms with van der Waals surface area (Å²) in [5.74, 6) is 0.861. The molecule has 30 heavy (non-hydrogen) atoms. The standard InChI is InChI=1S/C21H20FN7O/c1-3-5-29-20(30)17-19(28-6-4-23-21(28)29)26-18(25-17)15-10-24-27(12-15)11-14-7-13(2)8-16(22)9-14/h4,6-10,12H,3,5,11H2,1-2H3,(H,25,26). The summed E-state index contributed by atoms with van der Waals surface area (Å²) < 4.78 is 18.8. The lowest BCUT2D eigenvalue weighted by Crippen LogP contribution is -2.23. The zero-order chi connectivity index (χ0) is 20.8. The minimum absolute atomic E-state index is 0.146. The van der Waals surface area contributed by atoms with E-state index in [9.17, 15) is 9.18 Å². The van der Waals surface area contributed by atoms with Gasteiger partial charge in [0.2, 0.25) is 5.78 Å². The van der Waals surface area contributed by atoms with E-state index in [1.54, 1.807) is 27.8 Å². The fourth-order valence-corrected chi connectivity index (χ4v) is 3.80. The van der Waals surface area contributed by atoms with Gasteiger partial charge in [0.25, 0.3) is 5.56 Å². The molecule has 0 aliphatic carbocycles. The normalized spacial score (nSPS) is 11.7. The van der Waals surface area contributed by atoms with Gasteiger partial charge in [-0.05, 0) is 36.6 Å². The third-order valence-electron chi connectivity index (χ3n) is 5.03. The largest absolute Gasteiger partial charge is 0.332 e. The number of nitrogens with one attached hydrogen (secondary N) is 1. The van der Waals surface area contributed by atoms with Crippen molar-refractivity contribution in [2.75, 3.05) is 0 Å². The van der Waals surface area contributed by atoms with Crippen molar-refractivity contribution in [1.29, 1.82) is 0 Å². The number of imidazole rings is 2. The van der Waals surface area contributed by atoms with Crippen LogP contribution in [0.25, 0.3) is 28.3 Å². The molecule has 0 bridgehead atoms. The molecule has 0 spiro atoms. The first-order valence-electron chi connectivity index (χ1n) is 9.78. The molecule has 4 aromatic heterocycles. The summed E-state index contributed by atoms with van der Waals surface area (Å²) in [5, 5.41) is 4.37. The van der Waals surface area contributed by atoms with Gasteiger partial charge in [-0.2, -0.15) is 5.10 Å². The smallest absolute Gasteiger partial charge is 0.280 e. The molecule has 9 heteroatoms. The fourth-order valence-electron chi connectivity index (χ4n) is 3.80. The minimum Gasteiger partial charge on any atom is -0.332 e. The molecule has 5 rings (SSSR count). The molecule has 0 unspecified atom stereocenters. The number of aromatic amines is 1. The van der Waals surface area contributed by atoms with Gasteiger partial charge in [-0.25, -0.2) is 14.4 Å². The maximum Gasteiger partial charge on any atom is 0.280 e. The van der Waals surface area contributed by atoms with Gasteiger partial charge in [0.05, 0.1) is 18.3 Å². The van der Waals surface area contributed by atoms with Crippen molar-refractivity contribution >= 4 is 16.9 Å². The van der Waals surface area contributed by atoms with Crippen molar-refractivity contribution in [3.05, 3.63) is 70.3 Å². The second-order valence-electron chi connectivity index (χ2n) is 7.40. The number of halogens is 1. The lowest BCUT2D eigenvalue weighted by molar-refractivity contribution is 0.618. The SMILES string of the molecule is CCCn1c(=O)c2[nH]c(-c3cnn(Cc4cc(C)cc(F)c4)c3)nc2n2ccnc12. The van der Waals surface area contributed by atoms with Gasteiger partial charge in [0.1, 0.15) is 11.6 Å². The number of nitrogens with zero attached hydrogens (tertiary/aromatic N) is 6. The molecule has 152 valence electrons. The molecule has 0 aliphatic rings. The molecule has 0 saturated heterocycles. The van der Waals surface area contributed by atoms with E-state index in [4.69, 9.17) is 0 Å². The van der Waals surface area contributed by atoms with Crippen molar-refractivity contribution < 1.29 is 4.39 Å². The number of benzene rings is 1. The molecule has 4 heterocycles. The Balaban J connectivity index is 1.56. The number of H-pyrrole nitrogens is 1. The van der Waals surface area contributed by atoms with E-state index in [2.05, 4.69) is 20.1 Å². The van der Waals surface area contributed by atoms with E-state index in [1.165, 1.54) is 12.1 Å². The lowest BCUT2D eigenvalue weighted by atomic mass is 10.1. The molecule has 0 amide bonds. The predicted molar refractivity (Wildman–Crippen MR) is 111 cm³/mol. The Morgan fingerprint density at radius 2 is 2.10 bits per heavy atom. The van der Waals surface area contributed by atoms with E-state index in [1.807, 2.05) is 30.5 Å². The van der Waals surface area contributed by atoms with Crippen LogP contribution in [0.4, 0.5) is 4.39 Å². The molecule has 0 radical (unpaired) electrons. The van der Waals surface area contributed by atoms with Crippen LogP contribution in [0, 0.1) is 12.7 Å². The fraction of sp³-hybridized carbons (Fsp3) is 0.238. The third kappa shape index (κ3) is 2.99. The van der Waals surface area contributed by atoms with Crippen molar-refractivity contribution in [3.63, 3.8) is 0 Å². The Bertz CT molecular complexity index is 1420. The third-order valence-corrected chi connectivity index (χ3v) is 5.03. The molecule has 8 nitrogen and oxygen atoms in total. The highest BCUT2D eigenvalue weighted by Gasteiger charge is 2.17. The maximum atomic E-state index is 13.7. The maximum absolute atomic E-state index is 13.7. The van der Waals surface area contributed by atoms with Gasteiger partial charge in [0.15, 0.2) is 11.2 Å². The van der Waals surface area contributed by atoms with Gasteiger partial charge in [0, 0.05) is 25.1 Å². The van der Waals surface area contributed by atoms with E-state index in [-0.39, 0.29) is 11.4 Å². The van der Waals surface area contributed by atoms with Gasteiger partial charge >= 0.3 is 0 Å². The summed E-state index contributed by atoms with van der Waals surface area (Å²) in [7, 11) is 0. The van der Waals surface area contributed by atoms with Crippen LogP contribution in [0.3, 0.4) is 0 Å². The number of hydrogen-bond donors (Lipinski definition) is 1. The number of aryl methyl sites for hydroxylation is 2. The Morgan fingerprint density at radius 3 is 2.90 bits per heavy atom. The summed E-state index contributed by atoms with van der Waals surface area (Å²) in [6, 6.07) is 4.92. The van der Waals surface area contributed by atoms with Crippen LogP contribution in [0.15, 0.2) is 47.8 Å². The van der Waals surface area contributed by atoms with Crippen LogP contribution >= 0.6 is 0 Å². The van der Waals surface area contributed by atoms with E-state index in [0.717, 1.165) is 23.1 Å². The number of rotatable bonds is 5. The molecule has 0 aliphatic heterocycles. The first kappa shape index (κ1) is 18.3. The monoisotopic (exact) mass is 405 g/mol. The summed E-state index contributed by atoms with van der Waals surface area (Å²) in [4.78, 5) is 25.1. The second kappa shape index (κ2) is 6.94. The average molecular weight is 405 g/mol. The average Bonchev–Trinajstić information content (AvgIpc) is 3.42. The molecule has 1 aromatic carbocycles. The summed E-state index contributed by atoms with van der Waals surface area (Å²) in [6.07, 6.45) is 7.78. The van der Waals surface area contributed by atoms with Gasteiger partial charge < -0.3 is 4.98 Å². The Morgan fingerprint density at radius 1 is 1.23 bits per heavy atom. The van der Waals surface area contributed by atoms with Crippen LogP contribution < -0.4 is 5.56 Å². The van der Waals surface area contributed by atoms with Crippen LogP contribution in [0.1, 0.15) is 24.5 Å². The number of aromatic nitrogens is 7. The first-order chi connectivity index (χ1) is 14.5. The van der Waals surface area contributed by atoms with Crippen LogP contribution in [0.5, 0.6) is 0 Å². The molecular formula is C21H20FN7O. The number of hydrogen-bond acceptors (Lipinski definition) is 4. The van der Waals surface area contributed by atoms with E-state index in [0.29, 0.717) is 35.9 Å². The Labute approximate surface area is 170 Å². The molecule has 5 aromatic rings. The molecule has 0 fully saturated rings. The van der Waals surface area contributed by atoms with Gasteiger partial charge in [-0.1, -0.05) is 13.0 Å². The molecule has 0 atom stereocenters. The van der Waals surface area contributed by atoms with Crippen LogP contribution in [-0.4, -0.2) is 33.7 Å². The molecule has 0 saturated carbocycles. The minimum atomic E-state index is -0.262. The van der Waals surface area contributed by atoms with Crippen molar-refractivity contribution in [2.24, 2.45) is 0 Å². The predicted octanol–water partition coefficient (Wildman–Crippen LogP) is 3.14. The Kier molecular flexibility index (Phi) is 4.23. The van der Waals surface area contributed by atoms with Crippen LogP contribution in [-0.2, 0) is 13.1 Å². The van der Waals surface area contributed by atoms with Crippen molar-refractivity contribution in [2.45, 2.75) is 33.4 Å². The van der Waals surface area contributed by atoms with E-state index >= 15 is 0 Å². The lowest BCUT2D eigenvalue weighted by Gasteiger charge is -2.05. The first-order valence-corrected chi connectivity index (χ1v) is 9.78. The highest BCUT2D eigenvalue weighted by molar-refractivity contribution is 5.77.